The molecule has 4 aromatic rings. The van der Waals surface area contributed by atoms with Gasteiger partial charge < -0.3 is 10.4 Å². The fourth-order valence-corrected chi connectivity index (χ4v) is 8.99. The van der Waals surface area contributed by atoms with Crippen molar-refractivity contribution in [1.82, 2.24) is 0 Å². The van der Waals surface area contributed by atoms with E-state index < -0.39 is 85.1 Å². The number of nitrogens with one attached hydrogen (secondary N) is 1. The van der Waals surface area contributed by atoms with Crippen LogP contribution in [0.15, 0.2) is 101 Å². The molecule has 61 heavy (non-hydrogen) atoms. The number of nitrogens with zero attached hydrogens (tertiary/aromatic N) is 4. The summed E-state index contributed by atoms with van der Waals surface area (Å²) in [7, 11) is -18.1. The quantitative estimate of drug-likeness (QED) is 0.0102. The third-order valence-electron chi connectivity index (χ3n) is 7.18. The van der Waals surface area contributed by atoms with Crippen molar-refractivity contribution >= 4 is 116 Å². The summed E-state index contributed by atoms with van der Waals surface area (Å²) in [6, 6.07) is 10.8. The molecule has 34 heteroatoms. The number of phenols is 1. The lowest BCUT2D eigenvalue weighted by Crippen LogP contribution is -2.13. The smallest absolute Gasteiger partial charge is 0.296 e. The van der Waals surface area contributed by atoms with Crippen molar-refractivity contribution < 1.29 is 100 Å². The number of fused-ring (bicyclic) bond motifs is 1. The average molecular weight is 998 g/mol. The number of azo groups is 2. The predicted molar refractivity (Wildman–Crippen MR) is 208 cm³/mol. The molecule has 0 bridgehead atoms. The van der Waals surface area contributed by atoms with E-state index in [0.717, 1.165) is 18.2 Å². The van der Waals surface area contributed by atoms with Crippen LogP contribution in [0.1, 0.15) is 0 Å². The number of hydrogen-bond acceptors (Lipinski definition) is 28. The van der Waals surface area contributed by atoms with Gasteiger partial charge in [-0.1, -0.05) is 15.1 Å². The van der Waals surface area contributed by atoms with E-state index >= 15 is 0 Å². The van der Waals surface area contributed by atoms with Crippen LogP contribution in [0.3, 0.4) is 0 Å². The van der Waals surface area contributed by atoms with Crippen LogP contribution in [0.4, 0.5) is 28.4 Å². The number of anilines is 1. The van der Waals surface area contributed by atoms with Crippen molar-refractivity contribution in [1.29, 1.82) is 0 Å². The van der Waals surface area contributed by atoms with Crippen molar-refractivity contribution in [3.63, 3.8) is 0 Å². The fourth-order valence-electron chi connectivity index (χ4n) is 4.60. The molecule has 0 aliphatic heterocycles. The van der Waals surface area contributed by atoms with Gasteiger partial charge in [0.1, 0.15) is 27.8 Å². The maximum absolute atomic E-state index is 12.8. The lowest BCUT2D eigenvalue weighted by atomic mass is 10.1. The number of phenolic OH excluding ortho intramolecular Hbond substituents is 1. The van der Waals surface area contributed by atoms with Gasteiger partial charge in [0.05, 0.1) is 62.8 Å². The molecule has 0 radical (unpaired) electrons. The molecule has 0 aromatic heterocycles. The minimum Gasteiger partial charge on any atom is -0.505 e. The molecule has 0 unspecified atom stereocenters. The first-order chi connectivity index (χ1) is 28.8. The molecule has 0 heterocycles. The second-order valence-electron chi connectivity index (χ2n) is 11.0. The van der Waals surface area contributed by atoms with Gasteiger partial charge in [0.15, 0.2) is 50.1 Å². The third kappa shape index (κ3) is 14.7. The van der Waals surface area contributed by atoms with Gasteiger partial charge in [0.2, 0.25) is 0 Å². The zero-order valence-corrected chi connectivity index (χ0v) is 35.4. The van der Waals surface area contributed by atoms with Crippen molar-refractivity contribution in [2.75, 3.05) is 35.9 Å². The van der Waals surface area contributed by atoms with E-state index in [-0.39, 0.29) is 86.6 Å². The second kappa shape index (κ2) is 22.6. The Balaban J connectivity index is 1.78. The van der Waals surface area contributed by atoms with Crippen LogP contribution < -0.4 is 5.32 Å². The average Bonchev–Trinajstić information content (AvgIpc) is 3.20. The Kier molecular flexibility index (Phi) is 18.5. The summed E-state index contributed by atoms with van der Waals surface area (Å²) in [6.07, 6.45) is 0. The highest BCUT2D eigenvalue weighted by atomic mass is 32.2. The van der Waals surface area contributed by atoms with E-state index in [9.17, 15) is 47.9 Å². The number of aromatic hydroxyl groups is 1. The summed E-state index contributed by atoms with van der Waals surface area (Å²) >= 11 is 0.538. The van der Waals surface area contributed by atoms with Gasteiger partial charge >= 0.3 is 0 Å². The standard InChI is InChI=1S/C27H27N5O22S7/c33-27-19-6-8-22(28-15-60(41,42)43)25(31-30-21-7-5-18(13-24(21)61(44,45)46)59(39,40)12-10-48-57-54-51-36)20(19)14-23(55-52-49-34)26(27)32-29-16-1-3-17(4-2-16)58(37,38)11-9-47-56-53-50-35/h1-8,13-14,28,33-36H,9-12,15H2,(H,41,42,43)(H,44,45,46)/b31-30+,32-29+. The summed E-state index contributed by atoms with van der Waals surface area (Å²) in [5.41, 5.74) is -1.51. The van der Waals surface area contributed by atoms with Gasteiger partial charge in [0.25, 0.3) is 20.2 Å². The Morgan fingerprint density at radius 1 is 0.623 bits per heavy atom. The third-order valence-corrected chi connectivity index (χ3v) is 13.3. The SMILES string of the molecule is O=S(=O)(O)CNc1ccc2c(O)c(/N=N/c3ccc(S(=O)(=O)CCOSOOO)cc3)c(SOOO)cc2c1/N=N/c1ccc(S(=O)(=O)CCOSOOO)cc1S(=O)(=O)O. The van der Waals surface area contributed by atoms with Gasteiger partial charge in [-0.05, 0) is 60.7 Å². The zero-order valence-electron chi connectivity index (χ0n) is 29.7. The molecular weight excluding hydrogens is 971 g/mol. The molecule has 0 amide bonds. The highest BCUT2D eigenvalue weighted by molar-refractivity contribution is 7.94. The summed E-state index contributed by atoms with van der Waals surface area (Å²) in [6.45, 7) is -0.882. The van der Waals surface area contributed by atoms with Crippen LogP contribution in [0.25, 0.3) is 10.8 Å². The van der Waals surface area contributed by atoms with Gasteiger partial charge in [-0.2, -0.15) is 21.9 Å². The first-order valence-electron chi connectivity index (χ1n) is 15.5. The first-order valence-corrected chi connectivity index (χ1v) is 23.9. The topological polar surface area (TPSA) is 393 Å². The molecule has 0 spiro atoms. The van der Waals surface area contributed by atoms with Gasteiger partial charge in [0, 0.05) is 10.8 Å². The van der Waals surface area contributed by atoms with Gasteiger partial charge in [-0.15, -0.1) is 28.3 Å². The van der Waals surface area contributed by atoms with Crippen molar-refractivity contribution in [3.8, 4) is 5.75 Å². The normalized spacial score (nSPS) is 12.9. The van der Waals surface area contributed by atoms with Crippen LogP contribution >= 0.6 is 36.7 Å². The lowest BCUT2D eigenvalue weighted by molar-refractivity contribution is -0.434. The molecule has 0 aliphatic carbocycles. The lowest BCUT2D eigenvalue weighted by Gasteiger charge is -2.14. The molecule has 4 rings (SSSR count). The Morgan fingerprint density at radius 2 is 1.20 bits per heavy atom. The Bertz CT molecular complexity index is 2670. The van der Waals surface area contributed by atoms with Crippen LogP contribution in [-0.2, 0) is 76.4 Å². The van der Waals surface area contributed by atoms with Crippen LogP contribution in [-0.4, -0.2) is 94.3 Å². The molecule has 4 aromatic carbocycles. The predicted octanol–water partition coefficient (Wildman–Crippen LogP) is 5.86. The fraction of sp³-hybridized carbons (Fsp3) is 0.185. The van der Waals surface area contributed by atoms with Gasteiger partial charge in [-0.25, -0.2) is 32.6 Å². The molecule has 0 atom stereocenters. The largest absolute Gasteiger partial charge is 0.505 e. The monoisotopic (exact) mass is 997 g/mol. The maximum atomic E-state index is 12.8. The second-order valence-corrected chi connectivity index (χ2v) is 19.8. The highest BCUT2D eigenvalue weighted by Crippen LogP contribution is 2.48. The van der Waals surface area contributed by atoms with Crippen molar-refractivity contribution in [2.45, 2.75) is 19.6 Å². The molecule has 0 aliphatic rings. The minimum atomic E-state index is -5.23. The van der Waals surface area contributed by atoms with Crippen LogP contribution in [0.5, 0.6) is 5.75 Å². The van der Waals surface area contributed by atoms with Crippen molar-refractivity contribution in [2.24, 2.45) is 20.5 Å². The molecular formula is C27H27N5O22S7. The maximum Gasteiger partial charge on any atom is 0.296 e. The molecule has 0 fully saturated rings. The Labute approximate surface area is 356 Å². The van der Waals surface area contributed by atoms with Gasteiger partial charge in [-0.3, -0.25) is 17.5 Å². The number of benzene rings is 4. The summed E-state index contributed by atoms with van der Waals surface area (Å²) in [5, 5.41) is 64.8. The Hall–Kier alpha value is -3.73. The van der Waals surface area contributed by atoms with E-state index in [1.54, 1.807) is 0 Å². The molecule has 0 saturated carbocycles. The minimum absolute atomic E-state index is 0.0665. The summed E-state index contributed by atoms with van der Waals surface area (Å²) < 4.78 is 140. The molecule has 7 N–H and O–H groups in total. The molecule has 27 nitrogen and oxygen atoms in total. The van der Waals surface area contributed by atoms with E-state index in [2.05, 4.69) is 53.9 Å². The van der Waals surface area contributed by atoms with Crippen LogP contribution in [0.2, 0.25) is 0 Å². The molecule has 334 valence electrons. The van der Waals surface area contributed by atoms with E-state index in [1.165, 1.54) is 36.4 Å². The number of hydrogen-bond donors (Lipinski definition) is 7. The zero-order chi connectivity index (χ0) is 44.8. The summed E-state index contributed by atoms with van der Waals surface area (Å²) in [4.78, 5) is -1.99. The van der Waals surface area contributed by atoms with E-state index in [0.29, 0.717) is 6.07 Å². The Morgan fingerprint density at radius 3 is 1.77 bits per heavy atom. The van der Waals surface area contributed by atoms with Crippen LogP contribution in [0, 0.1) is 0 Å². The molecule has 0 saturated heterocycles. The number of rotatable bonds is 25. The summed E-state index contributed by atoms with van der Waals surface area (Å²) in [5.74, 6) is -3.00. The van der Waals surface area contributed by atoms with E-state index in [4.69, 9.17) is 24.1 Å². The number of sulfone groups is 2. The van der Waals surface area contributed by atoms with E-state index in [1.807, 2.05) is 0 Å². The first kappa shape index (κ1) is 49.9. The highest BCUT2D eigenvalue weighted by Gasteiger charge is 2.24. The van der Waals surface area contributed by atoms with Crippen molar-refractivity contribution in [3.05, 3.63) is 60.7 Å².